The summed E-state index contributed by atoms with van der Waals surface area (Å²) >= 11 is 0. The molecule has 0 spiro atoms. The molecule has 0 bridgehead atoms. The van der Waals surface area contributed by atoms with E-state index >= 15 is 0 Å². The third-order valence-electron chi connectivity index (χ3n) is 2.21. The first-order valence-corrected chi connectivity index (χ1v) is 4.65. The zero-order valence-corrected chi connectivity index (χ0v) is 8.62. The highest BCUT2D eigenvalue weighted by Crippen LogP contribution is 2.23. The predicted molar refractivity (Wildman–Crippen MR) is 59.4 cm³/mol. The third-order valence-corrected chi connectivity index (χ3v) is 2.21. The molecule has 0 saturated heterocycles. The number of nitrogens with zero attached hydrogens (tertiary/aromatic N) is 3. The van der Waals surface area contributed by atoms with Gasteiger partial charge in [0.2, 0.25) is 0 Å². The van der Waals surface area contributed by atoms with Crippen LogP contribution in [0, 0.1) is 17.0 Å². The number of para-hydroxylation sites is 2. The summed E-state index contributed by atoms with van der Waals surface area (Å²) in [5.74, 6) is 0.343. The van der Waals surface area contributed by atoms with Gasteiger partial charge < -0.3 is 5.73 Å². The van der Waals surface area contributed by atoms with E-state index in [-0.39, 0.29) is 5.69 Å². The first kappa shape index (κ1) is 10.2. The Morgan fingerprint density at radius 3 is 2.69 bits per heavy atom. The maximum Gasteiger partial charge on any atom is 0.294 e. The van der Waals surface area contributed by atoms with Crippen LogP contribution in [0.5, 0.6) is 0 Å². The van der Waals surface area contributed by atoms with Crippen molar-refractivity contribution in [2.45, 2.75) is 6.92 Å². The van der Waals surface area contributed by atoms with Gasteiger partial charge in [-0.3, -0.25) is 10.1 Å². The summed E-state index contributed by atoms with van der Waals surface area (Å²) in [6, 6.07) is 8.07. The molecular formula is C10H10N4O2. The van der Waals surface area contributed by atoms with Gasteiger partial charge in [0, 0.05) is 17.8 Å². The molecule has 2 rings (SSSR count). The first-order valence-electron chi connectivity index (χ1n) is 4.65. The van der Waals surface area contributed by atoms with Gasteiger partial charge in [-0.05, 0) is 13.0 Å². The summed E-state index contributed by atoms with van der Waals surface area (Å²) in [5.41, 5.74) is 6.72. The number of anilines is 1. The molecule has 0 atom stereocenters. The van der Waals surface area contributed by atoms with Crippen LogP contribution in [0.2, 0.25) is 0 Å². The molecule has 0 fully saturated rings. The molecule has 1 heterocycles. The summed E-state index contributed by atoms with van der Waals surface area (Å²) in [7, 11) is 0. The number of nitro benzene ring substituents is 1. The maximum atomic E-state index is 10.8. The Kier molecular flexibility index (Phi) is 2.32. The molecule has 0 amide bonds. The largest absolute Gasteiger partial charge is 0.382 e. The standard InChI is InChI=1S/C10H10N4O2/c1-7-6-10(11)12-13(7)8-4-2-3-5-9(8)14(15)16/h2-6H,1H3,(H2,11,12). The summed E-state index contributed by atoms with van der Waals surface area (Å²) < 4.78 is 1.47. The molecule has 0 saturated carbocycles. The van der Waals surface area contributed by atoms with Gasteiger partial charge in [-0.2, -0.15) is 5.10 Å². The number of aromatic nitrogens is 2. The fourth-order valence-corrected chi connectivity index (χ4v) is 1.54. The number of aryl methyl sites for hydroxylation is 1. The maximum absolute atomic E-state index is 10.8. The van der Waals surface area contributed by atoms with Crippen LogP contribution in [0.15, 0.2) is 30.3 Å². The van der Waals surface area contributed by atoms with Gasteiger partial charge in [0.1, 0.15) is 11.5 Å². The molecule has 0 aliphatic rings. The van der Waals surface area contributed by atoms with Crippen molar-refractivity contribution in [3.05, 3.63) is 46.1 Å². The Balaban J connectivity index is 2.64. The predicted octanol–water partition coefficient (Wildman–Crippen LogP) is 1.67. The van der Waals surface area contributed by atoms with Crippen LogP contribution < -0.4 is 5.73 Å². The lowest BCUT2D eigenvalue weighted by Crippen LogP contribution is -2.03. The molecule has 0 radical (unpaired) electrons. The zero-order valence-electron chi connectivity index (χ0n) is 8.62. The molecule has 0 aliphatic carbocycles. The van der Waals surface area contributed by atoms with Crippen molar-refractivity contribution in [1.29, 1.82) is 0 Å². The highest BCUT2D eigenvalue weighted by molar-refractivity contribution is 5.53. The first-order chi connectivity index (χ1) is 7.59. The zero-order chi connectivity index (χ0) is 11.7. The van der Waals surface area contributed by atoms with Crippen molar-refractivity contribution in [3.8, 4) is 5.69 Å². The second-order valence-electron chi connectivity index (χ2n) is 3.37. The van der Waals surface area contributed by atoms with Crippen molar-refractivity contribution in [1.82, 2.24) is 9.78 Å². The van der Waals surface area contributed by atoms with Crippen LogP contribution >= 0.6 is 0 Å². The van der Waals surface area contributed by atoms with E-state index in [0.29, 0.717) is 11.5 Å². The van der Waals surface area contributed by atoms with E-state index in [4.69, 9.17) is 5.73 Å². The average Bonchev–Trinajstić information content (AvgIpc) is 2.57. The Morgan fingerprint density at radius 2 is 2.12 bits per heavy atom. The van der Waals surface area contributed by atoms with E-state index in [1.165, 1.54) is 10.7 Å². The number of nitrogen functional groups attached to an aromatic ring is 1. The molecule has 16 heavy (non-hydrogen) atoms. The van der Waals surface area contributed by atoms with Crippen LogP contribution in [-0.4, -0.2) is 14.7 Å². The van der Waals surface area contributed by atoms with Gasteiger partial charge in [-0.1, -0.05) is 12.1 Å². The molecule has 1 aromatic carbocycles. The van der Waals surface area contributed by atoms with Gasteiger partial charge in [0.05, 0.1) is 4.92 Å². The van der Waals surface area contributed by atoms with Crippen LogP contribution in [0.1, 0.15) is 5.69 Å². The number of benzene rings is 1. The average molecular weight is 218 g/mol. The summed E-state index contributed by atoms with van der Waals surface area (Å²) in [6.45, 7) is 1.79. The fourth-order valence-electron chi connectivity index (χ4n) is 1.54. The number of nitro groups is 1. The summed E-state index contributed by atoms with van der Waals surface area (Å²) in [6.07, 6.45) is 0. The Hall–Kier alpha value is -2.37. The van der Waals surface area contributed by atoms with Gasteiger partial charge in [0.15, 0.2) is 0 Å². The molecule has 2 aromatic rings. The van der Waals surface area contributed by atoms with Gasteiger partial charge in [0.25, 0.3) is 5.69 Å². The smallest absolute Gasteiger partial charge is 0.294 e. The molecule has 82 valence electrons. The van der Waals surface area contributed by atoms with Gasteiger partial charge >= 0.3 is 0 Å². The lowest BCUT2D eigenvalue weighted by molar-refractivity contribution is -0.384. The quantitative estimate of drug-likeness (QED) is 0.613. The third kappa shape index (κ3) is 1.60. The molecular weight excluding hydrogens is 208 g/mol. The Labute approximate surface area is 91.5 Å². The van der Waals surface area contributed by atoms with E-state index < -0.39 is 4.92 Å². The van der Waals surface area contributed by atoms with Crippen molar-refractivity contribution >= 4 is 11.5 Å². The van der Waals surface area contributed by atoms with Gasteiger partial charge in [-0.15, -0.1) is 0 Å². The second kappa shape index (κ2) is 3.65. The van der Waals surface area contributed by atoms with Crippen molar-refractivity contribution in [2.75, 3.05) is 5.73 Å². The monoisotopic (exact) mass is 218 g/mol. The van der Waals surface area contributed by atoms with E-state index in [9.17, 15) is 10.1 Å². The van der Waals surface area contributed by atoms with Gasteiger partial charge in [-0.25, -0.2) is 4.68 Å². The molecule has 1 aromatic heterocycles. The van der Waals surface area contributed by atoms with Crippen molar-refractivity contribution < 1.29 is 4.92 Å². The number of hydrogen-bond acceptors (Lipinski definition) is 4. The molecule has 0 aliphatic heterocycles. The van der Waals surface area contributed by atoms with Crippen LogP contribution in [0.25, 0.3) is 5.69 Å². The minimum Gasteiger partial charge on any atom is -0.382 e. The number of hydrogen-bond donors (Lipinski definition) is 1. The molecule has 6 heteroatoms. The van der Waals surface area contributed by atoms with Crippen LogP contribution in [0.4, 0.5) is 11.5 Å². The SMILES string of the molecule is Cc1cc(N)nn1-c1ccccc1[N+](=O)[O-]. The van der Waals surface area contributed by atoms with E-state index in [1.54, 1.807) is 31.2 Å². The summed E-state index contributed by atoms with van der Waals surface area (Å²) in [5, 5.41) is 14.9. The van der Waals surface area contributed by atoms with Crippen LogP contribution in [0.3, 0.4) is 0 Å². The fraction of sp³-hybridized carbons (Fsp3) is 0.100. The van der Waals surface area contributed by atoms with E-state index in [1.807, 2.05) is 0 Å². The minimum absolute atomic E-state index is 0.00806. The Bertz CT molecular complexity index is 548. The second-order valence-corrected chi connectivity index (χ2v) is 3.37. The minimum atomic E-state index is -0.438. The molecule has 0 unspecified atom stereocenters. The van der Waals surface area contributed by atoms with Crippen LogP contribution in [-0.2, 0) is 0 Å². The van der Waals surface area contributed by atoms with Crippen molar-refractivity contribution in [2.24, 2.45) is 0 Å². The lowest BCUT2D eigenvalue weighted by atomic mass is 10.2. The molecule has 6 nitrogen and oxygen atoms in total. The highest BCUT2D eigenvalue weighted by atomic mass is 16.6. The summed E-state index contributed by atoms with van der Waals surface area (Å²) in [4.78, 5) is 10.4. The van der Waals surface area contributed by atoms with Crippen molar-refractivity contribution in [3.63, 3.8) is 0 Å². The number of nitrogens with two attached hydrogens (primary N) is 1. The topological polar surface area (TPSA) is 87.0 Å². The highest BCUT2D eigenvalue weighted by Gasteiger charge is 2.16. The van der Waals surface area contributed by atoms with E-state index in [2.05, 4.69) is 5.10 Å². The Morgan fingerprint density at radius 1 is 1.44 bits per heavy atom. The number of rotatable bonds is 2. The van der Waals surface area contributed by atoms with E-state index in [0.717, 1.165) is 5.69 Å². The molecule has 2 N–H and O–H groups in total. The normalized spacial score (nSPS) is 10.3. The lowest BCUT2D eigenvalue weighted by Gasteiger charge is -2.04.